The van der Waals surface area contributed by atoms with E-state index in [0.29, 0.717) is 12.4 Å². The average Bonchev–Trinajstić information content (AvgIpc) is 2.51. The first-order valence-corrected chi connectivity index (χ1v) is 6.29. The van der Waals surface area contributed by atoms with Crippen LogP contribution in [0.15, 0.2) is 24.3 Å². The van der Waals surface area contributed by atoms with E-state index in [1.54, 1.807) is 0 Å². The van der Waals surface area contributed by atoms with Gasteiger partial charge in [0.25, 0.3) is 0 Å². The number of carbonyl (C=O) groups is 1. The lowest BCUT2D eigenvalue weighted by Crippen LogP contribution is -2.44. The number of hydrogen-bond donors (Lipinski definition) is 0. The Kier molecular flexibility index (Phi) is 2.21. The Morgan fingerprint density at radius 1 is 1.24 bits per heavy atom. The highest BCUT2D eigenvalue weighted by molar-refractivity contribution is 6.05. The molecule has 0 N–H and O–H groups in total. The van der Waals surface area contributed by atoms with Crippen molar-refractivity contribution in [3.63, 3.8) is 0 Å². The number of ketones is 1. The Hall–Kier alpha value is -1.15. The van der Waals surface area contributed by atoms with Crippen LogP contribution in [-0.4, -0.2) is 18.0 Å². The van der Waals surface area contributed by atoms with Gasteiger partial charge in [-0.1, -0.05) is 24.3 Å². The minimum atomic E-state index is -0.189. The largest absolute Gasteiger partial charge is 0.376 e. The molecule has 1 aliphatic carbocycles. The summed E-state index contributed by atoms with van der Waals surface area (Å²) in [7, 11) is 0. The van der Waals surface area contributed by atoms with Gasteiger partial charge in [0.05, 0.1) is 5.60 Å². The first kappa shape index (κ1) is 11.0. The number of carbonyl (C=O) groups excluding carboxylic acids is 1. The fourth-order valence-corrected chi connectivity index (χ4v) is 3.45. The van der Waals surface area contributed by atoms with Crippen molar-refractivity contribution in [2.75, 3.05) is 6.61 Å². The van der Waals surface area contributed by atoms with Gasteiger partial charge in [0.1, 0.15) is 0 Å². The molecule has 2 heteroatoms. The highest BCUT2D eigenvalue weighted by atomic mass is 16.5. The van der Waals surface area contributed by atoms with Crippen molar-refractivity contribution in [2.45, 2.75) is 38.7 Å². The van der Waals surface area contributed by atoms with Crippen molar-refractivity contribution in [3.05, 3.63) is 35.4 Å². The maximum absolute atomic E-state index is 12.6. The van der Waals surface area contributed by atoms with E-state index >= 15 is 0 Å². The zero-order valence-electron chi connectivity index (χ0n) is 10.5. The fraction of sp³-hybridized carbons (Fsp3) is 0.533. The summed E-state index contributed by atoms with van der Waals surface area (Å²) in [6.07, 6.45) is 2.60. The van der Waals surface area contributed by atoms with Crippen LogP contribution in [0.25, 0.3) is 0 Å². The van der Waals surface area contributed by atoms with Crippen molar-refractivity contribution in [1.82, 2.24) is 0 Å². The zero-order chi connectivity index (χ0) is 12.1. The van der Waals surface area contributed by atoms with E-state index in [1.807, 2.05) is 18.2 Å². The summed E-state index contributed by atoms with van der Waals surface area (Å²) in [5, 5.41) is 0. The molecule has 1 spiro atoms. The standard InChI is InChI=1S/C15H18O2/c1-14(2)10-15(7-8-17-14)9-11-5-3-4-6-12(11)13(15)16/h3-6H,7-10H2,1-2H3/t15-/m1/s1. The third-order valence-corrected chi connectivity index (χ3v) is 4.11. The lowest BCUT2D eigenvalue weighted by Gasteiger charge is -2.41. The Bertz CT molecular complexity index is 476. The summed E-state index contributed by atoms with van der Waals surface area (Å²) in [6.45, 7) is 4.88. The van der Waals surface area contributed by atoms with Gasteiger partial charge in [0.2, 0.25) is 0 Å². The van der Waals surface area contributed by atoms with E-state index in [1.165, 1.54) is 5.56 Å². The van der Waals surface area contributed by atoms with Crippen molar-refractivity contribution in [1.29, 1.82) is 0 Å². The summed E-state index contributed by atoms with van der Waals surface area (Å²) in [5.74, 6) is 0.337. The Labute approximate surface area is 102 Å². The molecule has 1 atom stereocenters. The number of hydrogen-bond acceptors (Lipinski definition) is 2. The fourth-order valence-electron chi connectivity index (χ4n) is 3.45. The maximum Gasteiger partial charge on any atom is 0.169 e. The van der Waals surface area contributed by atoms with Gasteiger partial charge in [-0.25, -0.2) is 0 Å². The van der Waals surface area contributed by atoms with Crippen LogP contribution >= 0.6 is 0 Å². The van der Waals surface area contributed by atoms with Gasteiger partial charge < -0.3 is 4.74 Å². The molecule has 1 aromatic rings. The molecule has 0 aromatic heterocycles. The molecule has 0 unspecified atom stereocenters. The van der Waals surface area contributed by atoms with Crippen LogP contribution in [0.4, 0.5) is 0 Å². The molecule has 90 valence electrons. The van der Waals surface area contributed by atoms with Gasteiger partial charge in [0.15, 0.2) is 5.78 Å². The van der Waals surface area contributed by atoms with E-state index in [4.69, 9.17) is 4.74 Å². The number of Topliss-reactive ketones (excluding diaryl/α,β-unsaturated/α-hetero) is 1. The lowest BCUT2D eigenvalue weighted by molar-refractivity contribution is -0.0917. The van der Waals surface area contributed by atoms with Crippen LogP contribution in [0.3, 0.4) is 0 Å². The third-order valence-electron chi connectivity index (χ3n) is 4.11. The van der Waals surface area contributed by atoms with E-state index < -0.39 is 0 Å². The van der Waals surface area contributed by atoms with Crippen molar-refractivity contribution >= 4 is 5.78 Å². The molecule has 1 aromatic carbocycles. The molecular formula is C15H18O2. The van der Waals surface area contributed by atoms with Crippen LogP contribution in [-0.2, 0) is 11.2 Å². The molecular weight excluding hydrogens is 212 g/mol. The number of rotatable bonds is 0. The summed E-state index contributed by atoms with van der Waals surface area (Å²) >= 11 is 0. The predicted octanol–water partition coefficient (Wildman–Crippen LogP) is 3.00. The smallest absolute Gasteiger partial charge is 0.169 e. The molecule has 0 radical (unpaired) electrons. The number of ether oxygens (including phenoxy) is 1. The second kappa shape index (κ2) is 3.42. The molecule has 1 heterocycles. The zero-order valence-corrected chi connectivity index (χ0v) is 10.5. The second-order valence-electron chi connectivity index (χ2n) is 5.98. The van der Waals surface area contributed by atoms with Crippen LogP contribution in [0.2, 0.25) is 0 Å². The molecule has 1 fully saturated rings. The molecule has 1 saturated heterocycles. The van der Waals surface area contributed by atoms with Gasteiger partial charge in [-0.15, -0.1) is 0 Å². The predicted molar refractivity (Wildman–Crippen MR) is 66.2 cm³/mol. The minimum absolute atomic E-state index is 0.171. The first-order valence-electron chi connectivity index (χ1n) is 6.29. The van der Waals surface area contributed by atoms with Crippen LogP contribution in [0, 0.1) is 5.41 Å². The Morgan fingerprint density at radius 3 is 2.71 bits per heavy atom. The van der Waals surface area contributed by atoms with Crippen LogP contribution < -0.4 is 0 Å². The van der Waals surface area contributed by atoms with Crippen LogP contribution in [0.1, 0.15) is 42.6 Å². The quantitative estimate of drug-likeness (QED) is 0.685. The summed E-state index contributed by atoms with van der Waals surface area (Å²) in [5.41, 5.74) is 1.79. The molecule has 0 bridgehead atoms. The normalized spacial score (nSPS) is 30.6. The van der Waals surface area contributed by atoms with Gasteiger partial charge in [0, 0.05) is 17.6 Å². The van der Waals surface area contributed by atoms with E-state index in [2.05, 4.69) is 19.9 Å². The monoisotopic (exact) mass is 230 g/mol. The van der Waals surface area contributed by atoms with Crippen LogP contribution in [0.5, 0.6) is 0 Å². The summed E-state index contributed by atoms with van der Waals surface area (Å²) < 4.78 is 5.75. The highest BCUT2D eigenvalue weighted by Gasteiger charge is 2.50. The second-order valence-corrected chi connectivity index (χ2v) is 5.98. The maximum atomic E-state index is 12.6. The summed E-state index contributed by atoms with van der Waals surface area (Å²) in [6, 6.07) is 8.04. The number of benzene rings is 1. The molecule has 17 heavy (non-hydrogen) atoms. The van der Waals surface area contributed by atoms with E-state index in [9.17, 15) is 4.79 Å². The topological polar surface area (TPSA) is 26.3 Å². The Balaban J connectivity index is 2.00. The highest BCUT2D eigenvalue weighted by Crippen LogP contribution is 2.48. The molecule has 2 aliphatic rings. The first-order chi connectivity index (χ1) is 8.03. The average molecular weight is 230 g/mol. The molecule has 3 rings (SSSR count). The van der Waals surface area contributed by atoms with E-state index in [0.717, 1.165) is 24.8 Å². The molecule has 0 amide bonds. The van der Waals surface area contributed by atoms with E-state index in [-0.39, 0.29) is 11.0 Å². The molecule has 0 saturated carbocycles. The van der Waals surface area contributed by atoms with Gasteiger partial charge >= 0.3 is 0 Å². The van der Waals surface area contributed by atoms with Crippen molar-refractivity contribution in [3.8, 4) is 0 Å². The van der Waals surface area contributed by atoms with Gasteiger partial charge in [-0.05, 0) is 38.7 Å². The van der Waals surface area contributed by atoms with Crippen molar-refractivity contribution < 1.29 is 9.53 Å². The summed E-state index contributed by atoms with van der Waals surface area (Å²) in [4.78, 5) is 12.6. The van der Waals surface area contributed by atoms with Crippen molar-refractivity contribution in [2.24, 2.45) is 5.41 Å². The Morgan fingerprint density at radius 2 is 2.00 bits per heavy atom. The lowest BCUT2D eigenvalue weighted by atomic mass is 9.71. The number of fused-ring (bicyclic) bond motifs is 1. The molecule has 2 nitrogen and oxygen atoms in total. The SMILES string of the molecule is CC1(C)C[C@@]2(CCO1)Cc1ccccc1C2=O. The minimum Gasteiger partial charge on any atom is -0.376 e. The molecule has 1 aliphatic heterocycles. The third kappa shape index (κ3) is 1.62. The van der Waals surface area contributed by atoms with Gasteiger partial charge in [-0.3, -0.25) is 4.79 Å². The van der Waals surface area contributed by atoms with Gasteiger partial charge in [-0.2, -0.15) is 0 Å².